The highest BCUT2D eigenvalue weighted by Gasteiger charge is 2.41. The van der Waals surface area contributed by atoms with E-state index in [9.17, 15) is 18.3 Å². The number of aliphatic carboxylic acids is 1. The van der Waals surface area contributed by atoms with Crippen LogP contribution < -0.4 is 0 Å². The molecule has 0 aliphatic rings. The van der Waals surface area contributed by atoms with Gasteiger partial charge in [0.15, 0.2) is 0 Å². The largest absolute Gasteiger partial charge is 0.480 e. The molecule has 0 saturated carbocycles. The van der Waals surface area contributed by atoms with Gasteiger partial charge in [-0.2, -0.15) is 4.31 Å². The van der Waals surface area contributed by atoms with E-state index < -0.39 is 21.5 Å². The Bertz CT molecular complexity index is 603. The second-order valence-corrected chi connectivity index (χ2v) is 7.62. The summed E-state index contributed by atoms with van der Waals surface area (Å²) in [7, 11) is -3.84. The topological polar surface area (TPSA) is 74.7 Å². The number of carbonyl (C=O) groups is 1. The summed E-state index contributed by atoms with van der Waals surface area (Å²) in [4.78, 5) is 11.5. The van der Waals surface area contributed by atoms with E-state index in [0.29, 0.717) is 5.92 Å². The minimum Gasteiger partial charge on any atom is -0.480 e. The molecule has 1 N–H and O–H groups in total. The molecule has 0 aliphatic carbocycles. The zero-order valence-corrected chi connectivity index (χ0v) is 13.9. The van der Waals surface area contributed by atoms with Gasteiger partial charge in [-0.05, 0) is 37.5 Å². The van der Waals surface area contributed by atoms with E-state index in [0.717, 1.165) is 9.87 Å². The van der Waals surface area contributed by atoms with E-state index in [1.807, 2.05) is 13.8 Å². The predicted octanol–water partition coefficient (Wildman–Crippen LogP) is 2.68. The van der Waals surface area contributed by atoms with Crippen molar-refractivity contribution in [2.45, 2.75) is 51.0 Å². The molecule has 0 saturated heterocycles. The summed E-state index contributed by atoms with van der Waals surface area (Å²) in [5.41, 5.74) is -0.459. The molecule has 0 radical (unpaired) electrons. The average Bonchev–Trinajstić information content (AvgIpc) is 2.38. The van der Waals surface area contributed by atoms with Crippen LogP contribution in [-0.2, 0) is 14.8 Å². The number of nitrogens with zero attached hydrogens (tertiary/aromatic N) is 1. The molecule has 0 amide bonds. The Morgan fingerprint density at radius 1 is 1.24 bits per heavy atom. The second kappa shape index (κ2) is 6.15. The van der Waals surface area contributed by atoms with E-state index in [2.05, 4.69) is 0 Å². The number of rotatable bonds is 6. The van der Waals surface area contributed by atoms with Crippen molar-refractivity contribution in [2.75, 3.05) is 6.54 Å². The first-order valence-electron chi connectivity index (χ1n) is 6.91. The lowest BCUT2D eigenvalue weighted by Gasteiger charge is -2.33. The monoisotopic (exact) mass is 313 g/mol. The van der Waals surface area contributed by atoms with Gasteiger partial charge in [0.1, 0.15) is 5.54 Å². The Balaban J connectivity index is 3.28. The fourth-order valence-corrected chi connectivity index (χ4v) is 3.88. The highest BCUT2D eigenvalue weighted by molar-refractivity contribution is 7.89. The van der Waals surface area contributed by atoms with Crippen LogP contribution >= 0.6 is 0 Å². The molecule has 118 valence electrons. The van der Waals surface area contributed by atoms with Crippen LogP contribution in [0.2, 0.25) is 0 Å². The molecule has 0 bridgehead atoms. The van der Waals surface area contributed by atoms with Gasteiger partial charge in [-0.3, -0.25) is 4.79 Å². The first-order chi connectivity index (χ1) is 9.55. The summed E-state index contributed by atoms with van der Waals surface area (Å²) in [6, 6.07) is 6.59. The number of sulfonamides is 1. The number of likely N-dealkylation sites (N-methyl/N-ethyl adjacent to an activating group) is 1. The summed E-state index contributed by atoms with van der Waals surface area (Å²) in [5.74, 6) is -0.869. The van der Waals surface area contributed by atoms with E-state index >= 15 is 0 Å². The summed E-state index contributed by atoms with van der Waals surface area (Å²) in [6.07, 6.45) is 0. The molecular weight excluding hydrogens is 290 g/mol. The van der Waals surface area contributed by atoms with Gasteiger partial charge in [0.25, 0.3) is 0 Å². The third-order valence-electron chi connectivity index (χ3n) is 3.57. The Morgan fingerprint density at radius 3 is 2.05 bits per heavy atom. The Morgan fingerprint density at radius 2 is 1.71 bits per heavy atom. The maximum Gasteiger partial charge on any atom is 0.324 e. The number of hydrogen-bond acceptors (Lipinski definition) is 3. The zero-order valence-electron chi connectivity index (χ0n) is 13.1. The highest BCUT2D eigenvalue weighted by atomic mass is 32.2. The van der Waals surface area contributed by atoms with Crippen LogP contribution in [0.4, 0.5) is 0 Å². The molecule has 6 heteroatoms. The van der Waals surface area contributed by atoms with Crippen LogP contribution in [-0.4, -0.2) is 35.9 Å². The van der Waals surface area contributed by atoms with Crippen LogP contribution in [0.5, 0.6) is 0 Å². The Labute approximate surface area is 126 Å². The van der Waals surface area contributed by atoms with Gasteiger partial charge in [0.2, 0.25) is 10.0 Å². The van der Waals surface area contributed by atoms with Gasteiger partial charge in [-0.1, -0.05) is 32.9 Å². The third-order valence-corrected chi connectivity index (χ3v) is 5.73. The predicted molar refractivity (Wildman–Crippen MR) is 81.8 cm³/mol. The lowest BCUT2D eigenvalue weighted by Crippen LogP contribution is -2.52. The van der Waals surface area contributed by atoms with Crippen molar-refractivity contribution in [3.8, 4) is 0 Å². The van der Waals surface area contributed by atoms with E-state index in [-0.39, 0.29) is 11.4 Å². The van der Waals surface area contributed by atoms with Gasteiger partial charge >= 0.3 is 5.97 Å². The van der Waals surface area contributed by atoms with Crippen molar-refractivity contribution in [1.82, 2.24) is 4.31 Å². The molecule has 0 aromatic heterocycles. The van der Waals surface area contributed by atoms with Crippen LogP contribution in [0.15, 0.2) is 29.2 Å². The van der Waals surface area contributed by atoms with Gasteiger partial charge in [-0.15, -0.1) is 0 Å². The van der Waals surface area contributed by atoms with Gasteiger partial charge in [0.05, 0.1) is 4.90 Å². The SMILES string of the molecule is CCN(C(C)(C)C(=O)O)S(=O)(=O)c1ccc(C(C)C)cc1. The average molecular weight is 313 g/mol. The summed E-state index contributed by atoms with van der Waals surface area (Å²) in [5, 5.41) is 9.26. The molecule has 1 aromatic carbocycles. The molecule has 0 aliphatic heterocycles. The quantitative estimate of drug-likeness (QED) is 0.876. The molecule has 0 heterocycles. The minimum absolute atomic E-state index is 0.0908. The highest BCUT2D eigenvalue weighted by Crippen LogP contribution is 2.26. The fraction of sp³-hybridized carbons (Fsp3) is 0.533. The summed E-state index contributed by atoms with van der Waals surface area (Å²) < 4.78 is 26.3. The number of carboxylic acids is 1. The smallest absolute Gasteiger partial charge is 0.324 e. The maximum atomic E-state index is 12.7. The minimum atomic E-state index is -3.84. The van der Waals surface area contributed by atoms with Crippen LogP contribution in [0, 0.1) is 0 Å². The molecular formula is C15H23NO4S. The molecule has 1 rings (SSSR count). The van der Waals surface area contributed by atoms with Gasteiger partial charge in [-0.25, -0.2) is 8.42 Å². The van der Waals surface area contributed by atoms with Gasteiger partial charge in [0, 0.05) is 6.54 Å². The lowest BCUT2D eigenvalue weighted by atomic mass is 10.0. The van der Waals surface area contributed by atoms with Crippen molar-refractivity contribution in [3.05, 3.63) is 29.8 Å². The van der Waals surface area contributed by atoms with Crippen molar-refractivity contribution < 1.29 is 18.3 Å². The van der Waals surface area contributed by atoms with E-state index in [1.165, 1.54) is 26.0 Å². The summed E-state index contributed by atoms with van der Waals surface area (Å²) in [6.45, 7) is 8.54. The first kappa shape index (κ1) is 17.7. The van der Waals surface area contributed by atoms with Crippen LogP contribution in [0.25, 0.3) is 0 Å². The van der Waals surface area contributed by atoms with Crippen molar-refractivity contribution in [3.63, 3.8) is 0 Å². The summed E-state index contributed by atoms with van der Waals surface area (Å²) >= 11 is 0. The molecule has 0 fully saturated rings. The van der Waals surface area contributed by atoms with Crippen molar-refractivity contribution in [2.24, 2.45) is 0 Å². The molecule has 21 heavy (non-hydrogen) atoms. The standard InChI is InChI=1S/C15H23NO4S/c1-6-16(15(4,5)14(17)18)21(19,20)13-9-7-12(8-10-13)11(2)3/h7-11H,6H2,1-5H3,(H,17,18). The maximum absolute atomic E-state index is 12.7. The fourth-order valence-electron chi connectivity index (χ4n) is 2.12. The van der Waals surface area contributed by atoms with Gasteiger partial charge < -0.3 is 5.11 Å². The molecule has 0 unspecified atom stereocenters. The van der Waals surface area contributed by atoms with E-state index in [1.54, 1.807) is 19.1 Å². The number of benzene rings is 1. The van der Waals surface area contributed by atoms with Crippen molar-refractivity contribution >= 4 is 16.0 Å². The first-order valence-corrected chi connectivity index (χ1v) is 8.35. The number of hydrogen-bond donors (Lipinski definition) is 1. The zero-order chi connectivity index (χ0) is 16.4. The molecule has 5 nitrogen and oxygen atoms in total. The second-order valence-electron chi connectivity index (χ2n) is 5.76. The molecule has 1 aromatic rings. The molecule has 0 atom stereocenters. The van der Waals surface area contributed by atoms with Crippen LogP contribution in [0.1, 0.15) is 46.1 Å². The van der Waals surface area contributed by atoms with Crippen molar-refractivity contribution in [1.29, 1.82) is 0 Å². The Hall–Kier alpha value is -1.40. The normalized spacial score (nSPS) is 12.9. The third kappa shape index (κ3) is 3.44. The number of carboxylic acid groups (broad SMARTS) is 1. The molecule has 0 spiro atoms. The lowest BCUT2D eigenvalue weighted by molar-refractivity contribution is -0.146. The Kier molecular flexibility index (Phi) is 5.17. The van der Waals surface area contributed by atoms with E-state index in [4.69, 9.17) is 0 Å². The van der Waals surface area contributed by atoms with Crippen LogP contribution in [0.3, 0.4) is 0 Å².